The van der Waals surface area contributed by atoms with Gasteiger partial charge in [-0.3, -0.25) is 0 Å². The van der Waals surface area contributed by atoms with Crippen LogP contribution in [0.25, 0.3) is 0 Å². The van der Waals surface area contributed by atoms with Crippen LogP contribution in [0.5, 0.6) is 0 Å². The Morgan fingerprint density at radius 2 is 2.18 bits per heavy atom. The number of aromatic nitrogens is 2. The topological polar surface area (TPSA) is 73.1 Å². The van der Waals surface area contributed by atoms with E-state index in [1.165, 1.54) is 12.8 Å². The van der Waals surface area contributed by atoms with Crippen molar-refractivity contribution in [1.82, 2.24) is 9.97 Å². The molecule has 0 amide bonds. The van der Waals surface area contributed by atoms with Gasteiger partial charge < -0.3 is 15.8 Å². The minimum atomic E-state index is 0.196. The third kappa shape index (κ3) is 2.45. The van der Waals surface area contributed by atoms with Gasteiger partial charge in [0.2, 0.25) is 5.95 Å². The highest BCUT2D eigenvalue weighted by Crippen LogP contribution is 2.39. The van der Waals surface area contributed by atoms with Crippen LogP contribution in [-0.4, -0.2) is 28.7 Å². The van der Waals surface area contributed by atoms with Crippen LogP contribution in [0, 0.1) is 5.92 Å². The maximum Gasteiger partial charge on any atom is 0.223 e. The van der Waals surface area contributed by atoms with Gasteiger partial charge in [0.25, 0.3) is 0 Å². The minimum Gasteiger partial charge on any atom is -0.376 e. The van der Waals surface area contributed by atoms with Gasteiger partial charge >= 0.3 is 0 Å². The number of hydrogen-bond acceptors (Lipinski definition) is 5. The van der Waals surface area contributed by atoms with Crippen LogP contribution in [-0.2, 0) is 4.74 Å². The standard InChI is InChI=1S/C11H15ClN4O/c12-8-5-9(16-11(13)15-8)14-7-3-4-17-10(7)6-1-2-6/h5-7,10H,1-4H2,(H3,13,14,15,16). The van der Waals surface area contributed by atoms with Gasteiger partial charge in [0.05, 0.1) is 12.1 Å². The third-order valence-electron chi connectivity index (χ3n) is 3.27. The molecule has 0 radical (unpaired) electrons. The van der Waals surface area contributed by atoms with E-state index in [2.05, 4.69) is 15.3 Å². The largest absolute Gasteiger partial charge is 0.376 e. The fourth-order valence-corrected chi connectivity index (χ4v) is 2.54. The lowest BCUT2D eigenvalue weighted by Crippen LogP contribution is -2.31. The average molecular weight is 255 g/mol. The number of hydrogen-bond donors (Lipinski definition) is 2. The van der Waals surface area contributed by atoms with Crippen molar-refractivity contribution in [3.8, 4) is 0 Å². The molecule has 1 aliphatic heterocycles. The van der Waals surface area contributed by atoms with E-state index >= 15 is 0 Å². The Labute approximate surface area is 105 Å². The molecule has 3 N–H and O–H groups in total. The quantitative estimate of drug-likeness (QED) is 0.803. The summed E-state index contributed by atoms with van der Waals surface area (Å²) in [4.78, 5) is 7.96. The van der Waals surface area contributed by atoms with Crippen LogP contribution < -0.4 is 11.1 Å². The van der Waals surface area contributed by atoms with E-state index < -0.39 is 0 Å². The molecule has 6 heteroatoms. The normalized spacial score (nSPS) is 28.3. The lowest BCUT2D eigenvalue weighted by atomic mass is 10.1. The molecule has 2 heterocycles. The summed E-state index contributed by atoms with van der Waals surface area (Å²) in [5, 5.41) is 3.72. The first-order chi connectivity index (χ1) is 8.22. The molecule has 1 saturated carbocycles. The fourth-order valence-electron chi connectivity index (χ4n) is 2.35. The van der Waals surface area contributed by atoms with Crippen LogP contribution in [0.1, 0.15) is 19.3 Å². The van der Waals surface area contributed by atoms with E-state index in [9.17, 15) is 0 Å². The Morgan fingerprint density at radius 1 is 1.35 bits per heavy atom. The van der Waals surface area contributed by atoms with Crippen molar-refractivity contribution in [2.75, 3.05) is 17.7 Å². The van der Waals surface area contributed by atoms with E-state index in [4.69, 9.17) is 22.1 Å². The van der Waals surface area contributed by atoms with Crippen molar-refractivity contribution < 1.29 is 4.74 Å². The first-order valence-corrected chi connectivity index (χ1v) is 6.28. The molecule has 17 heavy (non-hydrogen) atoms. The highest BCUT2D eigenvalue weighted by Gasteiger charge is 2.40. The van der Waals surface area contributed by atoms with E-state index in [1.54, 1.807) is 6.07 Å². The average Bonchev–Trinajstić information content (AvgIpc) is 2.99. The van der Waals surface area contributed by atoms with Crippen LogP contribution in [0.4, 0.5) is 11.8 Å². The summed E-state index contributed by atoms with van der Waals surface area (Å²) < 4.78 is 5.75. The highest BCUT2D eigenvalue weighted by atomic mass is 35.5. The van der Waals surface area contributed by atoms with E-state index in [0.29, 0.717) is 29.0 Å². The monoisotopic (exact) mass is 254 g/mol. The number of nitrogens with one attached hydrogen (secondary N) is 1. The van der Waals surface area contributed by atoms with Gasteiger partial charge in [-0.1, -0.05) is 11.6 Å². The molecule has 3 rings (SSSR count). The van der Waals surface area contributed by atoms with E-state index in [-0.39, 0.29) is 5.95 Å². The number of rotatable bonds is 3. The minimum absolute atomic E-state index is 0.196. The van der Waals surface area contributed by atoms with Gasteiger partial charge in [0, 0.05) is 12.7 Å². The fraction of sp³-hybridized carbons (Fsp3) is 0.636. The van der Waals surface area contributed by atoms with Crippen molar-refractivity contribution in [2.24, 2.45) is 5.92 Å². The van der Waals surface area contributed by atoms with Crippen molar-refractivity contribution in [3.63, 3.8) is 0 Å². The second-order valence-electron chi connectivity index (χ2n) is 4.65. The zero-order valence-corrected chi connectivity index (χ0v) is 10.2. The summed E-state index contributed by atoms with van der Waals surface area (Å²) in [5.41, 5.74) is 5.56. The second-order valence-corrected chi connectivity index (χ2v) is 5.03. The Kier molecular flexibility index (Phi) is 2.80. The lowest BCUT2D eigenvalue weighted by molar-refractivity contribution is 0.0898. The molecule has 1 aromatic heterocycles. The maximum atomic E-state index is 5.84. The number of anilines is 2. The van der Waals surface area contributed by atoms with Gasteiger partial charge in [-0.05, 0) is 25.2 Å². The van der Waals surface area contributed by atoms with Gasteiger partial charge in [0.1, 0.15) is 11.0 Å². The Morgan fingerprint density at radius 3 is 2.88 bits per heavy atom. The SMILES string of the molecule is Nc1nc(Cl)cc(NC2CCOC2C2CC2)n1. The molecule has 1 aliphatic carbocycles. The molecule has 0 spiro atoms. The summed E-state index contributed by atoms with van der Waals surface area (Å²) in [6, 6.07) is 2.01. The van der Waals surface area contributed by atoms with Gasteiger partial charge in [-0.2, -0.15) is 4.98 Å². The number of nitrogens with two attached hydrogens (primary N) is 1. The molecule has 2 fully saturated rings. The maximum absolute atomic E-state index is 5.84. The molecule has 2 atom stereocenters. The zero-order valence-electron chi connectivity index (χ0n) is 9.40. The van der Waals surface area contributed by atoms with Crippen molar-refractivity contribution in [3.05, 3.63) is 11.2 Å². The predicted molar refractivity (Wildman–Crippen MR) is 65.9 cm³/mol. The Hall–Kier alpha value is -1.07. The molecule has 92 valence electrons. The van der Waals surface area contributed by atoms with Crippen molar-refractivity contribution >= 4 is 23.4 Å². The van der Waals surface area contributed by atoms with Crippen LogP contribution >= 0.6 is 11.6 Å². The summed E-state index contributed by atoms with van der Waals surface area (Å²) >= 11 is 5.84. The number of ether oxygens (including phenoxy) is 1. The molecule has 1 saturated heterocycles. The van der Waals surface area contributed by atoms with E-state index in [1.807, 2.05) is 0 Å². The third-order valence-corrected chi connectivity index (χ3v) is 3.46. The van der Waals surface area contributed by atoms with Crippen molar-refractivity contribution in [1.29, 1.82) is 0 Å². The second kappa shape index (κ2) is 4.31. The van der Waals surface area contributed by atoms with Gasteiger partial charge in [0.15, 0.2) is 0 Å². The lowest BCUT2D eigenvalue weighted by Gasteiger charge is -2.20. The molecule has 5 nitrogen and oxygen atoms in total. The number of halogens is 1. The van der Waals surface area contributed by atoms with Gasteiger partial charge in [-0.15, -0.1) is 0 Å². The number of nitrogens with zero attached hydrogens (tertiary/aromatic N) is 2. The van der Waals surface area contributed by atoms with Crippen LogP contribution in [0.2, 0.25) is 5.15 Å². The first kappa shape index (κ1) is 11.0. The zero-order chi connectivity index (χ0) is 11.8. The molecule has 0 bridgehead atoms. The summed E-state index contributed by atoms with van der Waals surface area (Å²) in [6.07, 6.45) is 3.86. The summed E-state index contributed by atoms with van der Waals surface area (Å²) in [5.74, 6) is 1.59. The van der Waals surface area contributed by atoms with E-state index in [0.717, 1.165) is 13.0 Å². The number of nitrogen functional groups attached to an aromatic ring is 1. The molecule has 2 unspecified atom stereocenters. The Balaban J connectivity index is 1.72. The molecule has 2 aliphatic rings. The van der Waals surface area contributed by atoms with Gasteiger partial charge in [-0.25, -0.2) is 4.98 Å². The predicted octanol–water partition coefficient (Wildman–Crippen LogP) is 1.69. The molecular weight excluding hydrogens is 240 g/mol. The first-order valence-electron chi connectivity index (χ1n) is 5.90. The summed E-state index contributed by atoms with van der Waals surface area (Å²) in [7, 11) is 0. The summed E-state index contributed by atoms with van der Waals surface area (Å²) in [6.45, 7) is 0.813. The highest BCUT2D eigenvalue weighted by molar-refractivity contribution is 6.29. The van der Waals surface area contributed by atoms with Crippen LogP contribution in [0.3, 0.4) is 0 Å². The molecule has 1 aromatic rings. The van der Waals surface area contributed by atoms with Crippen LogP contribution in [0.15, 0.2) is 6.07 Å². The smallest absolute Gasteiger partial charge is 0.223 e. The van der Waals surface area contributed by atoms with Crippen molar-refractivity contribution in [2.45, 2.75) is 31.4 Å². The Bertz CT molecular complexity index is 404. The molecule has 0 aromatic carbocycles. The molecular formula is C11H15ClN4O.